The predicted octanol–water partition coefficient (Wildman–Crippen LogP) is 4.25. The first kappa shape index (κ1) is 16.3. The summed E-state index contributed by atoms with van der Waals surface area (Å²) in [5.41, 5.74) is 3.97. The third kappa shape index (κ3) is 3.17. The summed E-state index contributed by atoms with van der Waals surface area (Å²) in [7, 11) is 0. The molecule has 26 heavy (non-hydrogen) atoms. The molecule has 0 bridgehead atoms. The van der Waals surface area contributed by atoms with Crippen LogP contribution in [0.3, 0.4) is 0 Å². The van der Waals surface area contributed by atoms with Crippen LogP contribution in [0, 0.1) is 0 Å². The molecule has 0 amide bonds. The van der Waals surface area contributed by atoms with Gasteiger partial charge < -0.3 is 5.32 Å². The molecule has 2 N–H and O–H groups in total. The Kier molecular flexibility index (Phi) is 4.37. The van der Waals surface area contributed by atoms with E-state index in [4.69, 9.17) is 11.6 Å². The Morgan fingerprint density at radius 3 is 2.77 bits per heavy atom. The second kappa shape index (κ2) is 6.98. The first-order valence-corrected chi connectivity index (χ1v) is 8.50. The molecule has 0 aliphatic carbocycles. The van der Waals surface area contributed by atoms with E-state index in [-0.39, 0.29) is 10.7 Å². The average Bonchev–Trinajstić information content (AvgIpc) is 2.70. The molecule has 0 saturated carbocycles. The Balaban J connectivity index is 1.64. The molecule has 0 atom stereocenters. The zero-order valence-electron chi connectivity index (χ0n) is 13.7. The Labute approximate surface area is 154 Å². The van der Waals surface area contributed by atoms with E-state index in [0.29, 0.717) is 17.3 Å². The first-order valence-electron chi connectivity index (χ1n) is 8.12. The van der Waals surface area contributed by atoms with Crippen molar-refractivity contribution in [3.05, 3.63) is 88.1 Å². The Morgan fingerprint density at radius 2 is 1.92 bits per heavy atom. The molecule has 0 unspecified atom stereocenters. The zero-order chi connectivity index (χ0) is 17.9. The third-order valence-electron chi connectivity index (χ3n) is 4.21. The smallest absolute Gasteiger partial charge is 0.272 e. The topological polar surface area (TPSA) is 70.7 Å². The molecule has 2 aromatic heterocycles. The van der Waals surface area contributed by atoms with Crippen LogP contribution >= 0.6 is 11.6 Å². The van der Waals surface area contributed by atoms with E-state index in [9.17, 15) is 4.79 Å². The molecule has 0 radical (unpaired) electrons. The fourth-order valence-corrected chi connectivity index (χ4v) is 3.12. The maximum atomic E-state index is 11.8. The summed E-state index contributed by atoms with van der Waals surface area (Å²) in [5.74, 6) is 0. The second-order valence-corrected chi connectivity index (χ2v) is 6.21. The molecule has 2 heterocycles. The summed E-state index contributed by atoms with van der Waals surface area (Å²) in [6, 6.07) is 17.6. The molecule has 0 aliphatic heterocycles. The van der Waals surface area contributed by atoms with Gasteiger partial charge in [0.25, 0.3) is 5.56 Å². The Hall–Kier alpha value is -3.18. The number of anilines is 1. The molecule has 6 heteroatoms. The lowest BCUT2D eigenvalue weighted by Gasteiger charge is -2.12. The molecule has 4 rings (SSSR count). The highest BCUT2D eigenvalue weighted by Gasteiger charge is 2.07. The molecule has 5 nitrogen and oxygen atoms in total. The van der Waals surface area contributed by atoms with Crippen molar-refractivity contribution in [2.24, 2.45) is 0 Å². The normalized spacial score (nSPS) is 10.8. The fourth-order valence-electron chi connectivity index (χ4n) is 2.92. The van der Waals surface area contributed by atoms with Crippen molar-refractivity contribution in [1.29, 1.82) is 0 Å². The van der Waals surface area contributed by atoms with E-state index in [2.05, 4.69) is 32.6 Å². The van der Waals surface area contributed by atoms with Gasteiger partial charge in [0.2, 0.25) is 0 Å². The van der Waals surface area contributed by atoms with Crippen molar-refractivity contribution in [3.8, 4) is 11.1 Å². The van der Waals surface area contributed by atoms with Gasteiger partial charge in [-0.25, -0.2) is 5.10 Å². The van der Waals surface area contributed by atoms with E-state index >= 15 is 0 Å². The maximum Gasteiger partial charge on any atom is 0.272 e. The summed E-state index contributed by atoms with van der Waals surface area (Å²) in [6.45, 7) is 0.630. The second-order valence-electron chi connectivity index (χ2n) is 5.86. The number of H-pyrrole nitrogens is 1. The number of pyridine rings is 1. The summed E-state index contributed by atoms with van der Waals surface area (Å²) < 4.78 is 0. The average molecular weight is 363 g/mol. The molecule has 2 aromatic carbocycles. The largest absolute Gasteiger partial charge is 0.381 e. The van der Waals surface area contributed by atoms with Crippen LogP contribution in [-0.2, 0) is 6.54 Å². The van der Waals surface area contributed by atoms with Crippen LogP contribution < -0.4 is 10.9 Å². The molecule has 0 fully saturated rings. The number of benzene rings is 2. The number of nitrogens with one attached hydrogen (secondary N) is 2. The van der Waals surface area contributed by atoms with E-state index in [1.165, 1.54) is 0 Å². The van der Waals surface area contributed by atoms with E-state index in [0.717, 1.165) is 22.4 Å². The van der Waals surface area contributed by atoms with Gasteiger partial charge in [0.1, 0.15) is 0 Å². The van der Waals surface area contributed by atoms with Gasteiger partial charge >= 0.3 is 0 Å². The molecule has 0 aliphatic rings. The maximum absolute atomic E-state index is 11.8. The predicted molar refractivity (Wildman–Crippen MR) is 104 cm³/mol. The van der Waals surface area contributed by atoms with Gasteiger partial charge in [-0.3, -0.25) is 9.78 Å². The molecule has 128 valence electrons. The van der Waals surface area contributed by atoms with Crippen LogP contribution in [0.2, 0.25) is 5.15 Å². The number of halogens is 1. The minimum absolute atomic E-state index is 0.252. The van der Waals surface area contributed by atoms with Crippen LogP contribution in [0.4, 0.5) is 5.69 Å². The number of nitrogens with zero attached hydrogens (tertiary/aromatic N) is 2. The SMILES string of the molecule is O=c1[nH]nc(Cl)c2cc(NCc3ccccc3-c3cccnc3)ccc12. The van der Waals surface area contributed by atoms with Gasteiger partial charge in [0.05, 0.1) is 5.39 Å². The third-order valence-corrected chi connectivity index (χ3v) is 4.50. The van der Waals surface area contributed by atoms with Gasteiger partial charge in [-0.1, -0.05) is 41.9 Å². The number of aromatic nitrogens is 3. The zero-order valence-corrected chi connectivity index (χ0v) is 14.5. The van der Waals surface area contributed by atoms with Crippen molar-refractivity contribution in [2.75, 3.05) is 5.32 Å². The highest BCUT2D eigenvalue weighted by molar-refractivity contribution is 6.34. The lowest BCUT2D eigenvalue weighted by molar-refractivity contribution is 1.01. The molecular weight excluding hydrogens is 348 g/mol. The fraction of sp³-hybridized carbons (Fsp3) is 0.0500. The van der Waals surface area contributed by atoms with Crippen molar-refractivity contribution < 1.29 is 0 Å². The van der Waals surface area contributed by atoms with Gasteiger partial charge in [-0.2, -0.15) is 5.10 Å². The van der Waals surface area contributed by atoms with Crippen LogP contribution in [-0.4, -0.2) is 15.2 Å². The van der Waals surface area contributed by atoms with E-state index < -0.39 is 0 Å². The standard InChI is InChI=1S/C20H15ClN4O/c21-19-18-10-15(7-8-17(18)20(26)25-24-19)23-12-14-4-1-2-6-16(14)13-5-3-9-22-11-13/h1-11,23H,12H2,(H,25,26). The van der Waals surface area contributed by atoms with E-state index in [1.807, 2.05) is 42.6 Å². The van der Waals surface area contributed by atoms with Crippen molar-refractivity contribution in [3.63, 3.8) is 0 Å². The quantitative estimate of drug-likeness (QED) is 0.569. The highest BCUT2D eigenvalue weighted by Crippen LogP contribution is 2.25. The molecule has 0 spiro atoms. The summed E-state index contributed by atoms with van der Waals surface area (Å²) in [5, 5.41) is 11.0. The highest BCUT2D eigenvalue weighted by atomic mass is 35.5. The minimum atomic E-state index is -0.252. The Bertz CT molecular complexity index is 1130. The van der Waals surface area contributed by atoms with Crippen molar-refractivity contribution in [1.82, 2.24) is 15.2 Å². The number of rotatable bonds is 4. The number of hydrogen-bond donors (Lipinski definition) is 2. The van der Waals surface area contributed by atoms with Gasteiger partial charge in [-0.15, -0.1) is 0 Å². The van der Waals surface area contributed by atoms with E-state index in [1.54, 1.807) is 12.3 Å². The molecular formula is C20H15ClN4O. The Morgan fingerprint density at radius 1 is 1.04 bits per heavy atom. The summed E-state index contributed by atoms with van der Waals surface area (Å²) >= 11 is 6.11. The lowest BCUT2D eigenvalue weighted by atomic mass is 10.0. The monoisotopic (exact) mass is 362 g/mol. The number of fused-ring (bicyclic) bond motifs is 1. The van der Waals surface area contributed by atoms with Crippen molar-refractivity contribution >= 4 is 28.1 Å². The lowest BCUT2D eigenvalue weighted by Crippen LogP contribution is -2.09. The van der Waals surface area contributed by atoms with Crippen LogP contribution in [0.25, 0.3) is 21.9 Å². The summed E-state index contributed by atoms with van der Waals surface area (Å²) in [4.78, 5) is 16.0. The van der Waals surface area contributed by atoms with Gasteiger partial charge in [-0.05, 0) is 35.4 Å². The number of hydrogen-bond acceptors (Lipinski definition) is 4. The van der Waals surface area contributed by atoms with Gasteiger partial charge in [0.15, 0.2) is 5.15 Å². The van der Waals surface area contributed by atoms with Crippen LogP contribution in [0.5, 0.6) is 0 Å². The van der Waals surface area contributed by atoms with Crippen molar-refractivity contribution in [2.45, 2.75) is 6.54 Å². The van der Waals surface area contributed by atoms with Gasteiger partial charge in [0, 0.05) is 35.6 Å². The molecule has 0 saturated heterocycles. The first-order chi connectivity index (χ1) is 12.7. The minimum Gasteiger partial charge on any atom is -0.381 e. The van der Waals surface area contributed by atoms with Crippen LogP contribution in [0.15, 0.2) is 71.8 Å². The van der Waals surface area contributed by atoms with Crippen LogP contribution in [0.1, 0.15) is 5.56 Å². The number of aromatic amines is 1. The molecule has 4 aromatic rings. The summed E-state index contributed by atoms with van der Waals surface area (Å²) in [6.07, 6.45) is 3.62.